The van der Waals surface area contributed by atoms with Crippen molar-refractivity contribution in [3.8, 4) is 0 Å². The van der Waals surface area contributed by atoms with Gasteiger partial charge in [-0.05, 0) is 30.4 Å². The van der Waals surface area contributed by atoms with Crippen LogP contribution in [0.5, 0.6) is 0 Å². The maximum absolute atomic E-state index is 11.9. The fourth-order valence-electron chi connectivity index (χ4n) is 1.43. The van der Waals surface area contributed by atoms with Gasteiger partial charge in [0, 0.05) is 13.0 Å². The second-order valence-corrected chi connectivity index (χ2v) is 3.57. The highest BCUT2D eigenvalue weighted by Gasteiger charge is 2.02. The van der Waals surface area contributed by atoms with Crippen molar-refractivity contribution in [1.29, 1.82) is 0 Å². The van der Waals surface area contributed by atoms with E-state index in [2.05, 4.69) is 0 Å². The maximum atomic E-state index is 11.9. The van der Waals surface area contributed by atoms with Gasteiger partial charge < -0.3 is 5.11 Å². The summed E-state index contributed by atoms with van der Waals surface area (Å²) in [4.78, 5) is 0. The molecule has 15 heavy (non-hydrogen) atoms. The fourth-order valence-corrected chi connectivity index (χ4v) is 1.43. The number of aryl methyl sites for hydroxylation is 2. The summed E-state index contributed by atoms with van der Waals surface area (Å²) in [5.74, 6) is 0. The Kier molecular flexibility index (Phi) is 5.26. The Morgan fingerprint density at radius 1 is 1.00 bits per heavy atom. The smallest absolute Gasteiger partial charge is 0.239 e. The Balaban J connectivity index is 2.41. The van der Waals surface area contributed by atoms with E-state index in [4.69, 9.17) is 5.11 Å². The predicted molar refractivity (Wildman–Crippen MR) is 56.2 cm³/mol. The molecule has 0 amide bonds. The van der Waals surface area contributed by atoms with Crippen molar-refractivity contribution >= 4 is 0 Å². The van der Waals surface area contributed by atoms with Crippen LogP contribution in [0, 0.1) is 0 Å². The van der Waals surface area contributed by atoms with Crippen LogP contribution in [0.1, 0.15) is 24.0 Å². The van der Waals surface area contributed by atoms with Gasteiger partial charge in [-0.3, -0.25) is 0 Å². The van der Waals surface area contributed by atoms with Crippen LogP contribution in [0.2, 0.25) is 0 Å². The van der Waals surface area contributed by atoms with Crippen LogP contribution >= 0.6 is 0 Å². The number of alkyl halides is 2. The number of benzene rings is 1. The molecular weight excluding hydrogens is 198 g/mol. The van der Waals surface area contributed by atoms with E-state index < -0.39 is 6.43 Å². The van der Waals surface area contributed by atoms with Gasteiger partial charge in [-0.15, -0.1) is 0 Å². The van der Waals surface area contributed by atoms with Crippen molar-refractivity contribution in [2.24, 2.45) is 0 Å². The zero-order valence-electron chi connectivity index (χ0n) is 8.63. The van der Waals surface area contributed by atoms with Crippen molar-refractivity contribution in [2.75, 3.05) is 6.61 Å². The Hall–Kier alpha value is -0.960. The molecule has 1 nitrogen and oxygen atoms in total. The van der Waals surface area contributed by atoms with Crippen molar-refractivity contribution in [2.45, 2.75) is 32.1 Å². The molecule has 84 valence electrons. The third-order valence-corrected chi connectivity index (χ3v) is 2.30. The van der Waals surface area contributed by atoms with Gasteiger partial charge in [0.25, 0.3) is 0 Å². The van der Waals surface area contributed by atoms with Crippen molar-refractivity contribution in [3.05, 3.63) is 35.4 Å². The molecule has 0 fully saturated rings. The molecule has 3 heteroatoms. The molecular formula is C12H16F2O. The maximum Gasteiger partial charge on any atom is 0.239 e. The molecule has 1 aromatic carbocycles. The summed E-state index contributed by atoms with van der Waals surface area (Å²) >= 11 is 0. The molecule has 0 aliphatic rings. The lowest BCUT2D eigenvalue weighted by Crippen LogP contribution is -1.95. The van der Waals surface area contributed by atoms with Crippen LogP contribution in [0.3, 0.4) is 0 Å². The molecule has 1 N–H and O–H groups in total. The first kappa shape index (κ1) is 12.1. The number of aliphatic hydroxyl groups excluding tert-OH is 1. The van der Waals surface area contributed by atoms with Gasteiger partial charge in [0.2, 0.25) is 6.43 Å². The van der Waals surface area contributed by atoms with E-state index in [1.54, 1.807) is 0 Å². The third kappa shape index (κ3) is 4.88. The quantitative estimate of drug-likeness (QED) is 0.772. The van der Waals surface area contributed by atoms with Gasteiger partial charge >= 0.3 is 0 Å². The molecule has 0 unspecified atom stereocenters. The molecule has 0 saturated heterocycles. The van der Waals surface area contributed by atoms with E-state index >= 15 is 0 Å². The largest absolute Gasteiger partial charge is 0.396 e. The number of hydrogen-bond acceptors (Lipinski definition) is 1. The van der Waals surface area contributed by atoms with Crippen LogP contribution < -0.4 is 0 Å². The lowest BCUT2D eigenvalue weighted by Gasteiger charge is -2.03. The molecule has 0 spiro atoms. The normalized spacial score (nSPS) is 10.9. The average Bonchev–Trinajstić information content (AvgIpc) is 2.25. The predicted octanol–water partition coefficient (Wildman–Crippen LogP) is 2.81. The molecule has 0 heterocycles. The zero-order valence-corrected chi connectivity index (χ0v) is 8.63. The van der Waals surface area contributed by atoms with Crippen LogP contribution in [0.4, 0.5) is 8.78 Å². The van der Waals surface area contributed by atoms with Gasteiger partial charge in [0.15, 0.2) is 0 Å². The first-order valence-electron chi connectivity index (χ1n) is 5.19. The molecule has 0 aromatic heterocycles. The van der Waals surface area contributed by atoms with Crippen molar-refractivity contribution in [1.82, 2.24) is 0 Å². The minimum Gasteiger partial charge on any atom is -0.396 e. The van der Waals surface area contributed by atoms with Crippen LogP contribution in [-0.2, 0) is 12.8 Å². The summed E-state index contributed by atoms with van der Waals surface area (Å²) in [6.45, 7) is 0.188. The topological polar surface area (TPSA) is 20.2 Å². The monoisotopic (exact) mass is 214 g/mol. The average molecular weight is 214 g/mol. The van der Waals surface area contributed by atoms with Gasteiger partial charge in [0.1, 0.15) is 0 Å². The van der Waals surface area contributed by atoms with Crippen molar-refractivity contribution in [3.63, 3.8) is 0 Å². The second-order valence-electron chi connectivity index (χ2n) is 3.57. The number of rotatable bonds is 6. The number of halogens is 2. The molecule has 0 saturated carbocycles. The zero-order chi connectivity index (χ0) is 11.1. The molecule has 0 radical (unpaired) electrons. The summed E-state index contributed by atoms with van der Waals surface area (Å²) in [6, 6.07) is 7.65. The number of aliphatic hydroxyl groups is 1. The first-order valence-corrected chi connectivity index (χ1v) is 5.19. The molecule has 0 bridgehead atoms. The third-order valence-electron chi connectivity index (χ3n) is 2.30. The standard InChI is InChI=1S/C12H16F2O/c13-12(14)8-7-11-5-3-10(4-6-11)2-1-9-15/h3-6,12,15H,1-2,7-9H2. The van der Waals surface area contributed by atoms with E-state index in [1.807, 2.05) is 24.3 Å². The van der Waals surface area contributed by atoms with Crippen LogP contribution in [-0.4, -0.2) is 18.1 Å². The number of hydrogen-bond donors (Lipinski definition) is 1. The molecule has 0 aliphatic carbocycles. The van der Waals surface area contributed by atoms with Crippen LogP contribution in [0.15, 0.2) is 24.3 Å². The summed E-state index contributed by atoms with van der Waals surface area (Å²) in [7, 11) is 0. The summed E-state index contributed by atoms with van der Waals surface area (Å²) in [5, 5.41) is 8.64. The Morgan fingerprint density at radius 3 is 2.00 bits per heavy atom. The Labute approximate surface area is 88.7 Å². The summed E-state index contributed by atoms with van der Waals surface area (Å²) in [5.41, 5.74) is 2.09. The SMILES string of the molecule is OCCCc1ccc(CCC(F)F)cc1. The summed E-state index contributed by atoms with van der Waals surface area (Å²) < 4.78 is 23.9. The minimum absolute atomic E-state index is 0.0734. The highest BCUT2D eigenvalue weighted by Crippen LogP contribution is 2.11. The van der Waals surface area contributed by atoms with E-state index in [-0.39, 0.29) is 13.0 Å². The summed E-state index contributed by atoms with van der Waals surface area (Å²) in [6.07, 6.45) is -0.283. The molecule has 0 atom stereocenters. The Morgan fingerprint density at radius 2 is 1.53 bits per heavy atom. The highest BCUT2D eigenvalue weighted by molar-refractivity contribution is 5.22. The molecule has 1 rings (SSSR count). The lowest BCUT2D eigenvalue weighted by molar-refractivity contribution is 0.138. The van der Waals surface area contributed by atoms with E-state index in [1.165, 1.54) is 0 Å². The first-order chi connectivity index (χ1) is 7.22. The Bertz CT molecular complexity index is 269. The van der Waals surface area contributed by atoms with E-state index in [9.17, 15) is 8.78 Å². The van der Waals surface area contributed by atoms with Crippen molar-refractivity contribution < 1.29 is 13.9 Å². The van der Waals surface area contributed by atoms with E-state index in [0.29, 0.717) is 6.42 Å². The second kappa shape index (κ2) is 6.51. The van der Waals surface area contributed by atoms with Gasteiger partial charge in [0.05, 0.1) is 0 Å². The lowest BCUT2D eigenvalue weighted by atomic mass is 10.0. The van der Waals surface area contributed by atoms with Gasteiger partial charge in [-0.25, -0.2) is 8.78 Å². The minimum atomic E-state index is -2.22. The van der Waals surface area contributed by atoms with Gasteiger partial charge in [-0.1, -0.05) is 24.3 Å². The highest BCUT2D eigenvalue weighted by atomic mass is 19.3. The van der Waals surface area contributed by atoms with Crippen LogP contribution in [0.25, 0.3) is 0 Å². The fraction of sp³-hybridized carbons (Fsp3) is 0.500. The molecule has 1 aromatic rings. The molecule has 0 aliphatic heterocycles. The van der Waals surface area contributed by atoms with E-state index in [0.717, 1.165) is 24.0 Å². The van der Waals surface area contributed by atoms with Gasteiger partial charge in [-0.2, -0.15) is 0 Å².